The van der Waals surface area contributed by atoms with Gasteiger partial charge in [-0.1, -0.05) is 92.5 Å². The van der Waals surface area contributed by atoms with Crippen LogP contribution >= 0.6 is 31.9 Å². The first-order valence-corrected chi connectivity index (χ1v) is 12.2. The SMILES string of the molecule is CC(=O)c1ccc(C2(c3ccc(C(C)=O)cc3)c3cc(Br)ccc3-c3ccc(Br)cc32)cc1. The molecule has 0 unspecified atom stereocenters. The Morgan fingerprint density at radius 1 is 0.576 bits per heavy atom. The molecular formula is C29H20Br2O2. The molecule has 0 atom stereocenters. The van der Waals surface area contributed by atoms with E-state index in [1.54, 1.807) is 13.8 Å². The van der Waals surface area contributed by atoms with E-state index >= 15 is 0 Å². The highest BCUT2D eigenvalue weighted by Gasteiger charge is 2.46. The van der Waals surface area contributed by atoms with E-state index in [-0.39, 0.29) is 11.6 Å². The summed E-state index contributed by atoms with van der Waals surface area (Å²) in [5.41, 5.74) is 7.58. The number of ketones is 2. The zero-order valence-electron chi connectivity index (χ0n) is 18.2. The van der Waals surface area contributed by atoms with Gasteiger partial charge in [-0.05, 0) is 71.5 Å². The standard InChI is InChI=1S/C29H20Br2O2/c1-17(32)19-3-7-21(8-4-19)29(22-9-5-20(6-10-22)18(2)33)27-15-23(30)11-13-25(27)26-14-12-24(31)16-28(26)29/h3-16H,1-2H3. The molecule has 4 aromatic rings. The quantitative estimate of drug-likeness (QED) is 0.209. The van der Waals surface area contributed by atoms with E-state index in [1.807, 2.05) is 24.3 Å². The Bertz CT molecular complexity index is 1310. The minimum atomic E-state index is -0.594. The molecule has 0 amide bonds. The normalized spacial score (nSPS) is 13.3. The van der Waals surface area contributed by atoms with Gasteiger partial charge < -0.3 is 0 Å². The summed E-state index contributed by atoms with van der Waals surface area (Å²) in [5, 5.41) is 0. The number of benzene rings is 4. The third-order valence-corrected chi connectivity index (χ3v) is 7.50. The second-order valence-electron chi connectivity index (χ2n) is 8.40. The van der Waals surface area contributed by atoms with Gasteiger partial charge in [0.05, 0.1) is 5.41 Å². The van der Waals surface area contributed by atoms with Crippen molar-refractivity contribution in [2.45, 2.75) is 19.3 Å². The van der Waals surface area contributed by atoms with E-state index in [1.165, 1.54) is 11.1 Å². The fourth-order valence-corrected chi connectivity index (χ4v) is 5.69. The van der Waals surface area contributed by atoms with Crippen molar-refractivity contribution in [1.82, 2.24) is 0 Å². The van der Waals surface area contributed by atoms with Crippen LogP contribution in [0.1, 0.15) is 56.8 Å². The van der Waals surface area contributed by atoms with E-state index in [9.17, 15) is 9.59 Å². The fourth-order valence-electron chi connectivity index (χ4n) is 4.97. The van der Waals surface area contributed by atoms with Crippen LogP contribution < -0.4 is 0 Å². The Kier molecular flexibility index (Phi) is 5.46. The van der Waals surface area contributed by atoms with Crippen LogP contribution in [0.2, 0.25) is 0 Å². The average Bonchev–Trinajstić information content (AvgIpc) is 3.08. The van der Waals surface area contributed by atoms with Crippen LogP contribution in [-0.4, -0.2) is 11.6 Å². The lowest BCUT2D eigenvalue weighted by Gasteiger charge is -2.34. The minimum Gasteiger partial charge on any atom is -0.295 e. The highest BCUT2D eigenvalue weighted by molar-refractivity contribution is 9.10. The van der Waals surface area contributed by atoms with Gasteiger partial charge in [0.1, 0.15) is 0 Å². The van der Waals surface area contributed by atoms with Gasteiger partial charge in [-0.25, -0.2) is 0 Å². The molecule has 2 nitrogen and oxygen atoms in total. The lowest BCUT2D eigenvalue weighted by Crippen LogP contribution is -2.28. The third-order valence-electron chi connectivity index (χ3n) is 6.51. The maximum absolute atomic E-state index is 12.0. The first kappa shape index (κ1) is 22.0. The average molecular weight is 560 g/mol. The minimum absolute atomic E-state index is 0.0409. The van der Waals surface area contributed by atoms with Crippen molar-refractivity contribution in [3.8, 4) is 11.1 Å². The molecule has 1 aliphatic carbocycles. The maximum atomic E-state index is 12.0. The van der Waals surface area contributed by atoms with Crippen molar-refractivity contribution >= 4 is 43.4 Å². The summed E-state index contributed by atoms with van der Waals surface area (Å²) in [6.45, 7) is 3.17. The molecule has 0 aliphatic heterocycles. The smallest absolute Gasteiger partial charge is 0.159 e. The Hall–Kier alpha value is -2.82. The molecule has 0 radical (unpaired) electrons. The highest BCUT2D eigenvalue weighted by Crippen LogP contribution is 2.57. The van der Waals surface area contributed by atoms with Crippen molar-refractivity contribution in [3.05, 3.63) is 127 Å². The predicted octanol–water partition coefficient (Wildman–Crippen LogP) is 7.98. The summed E-state index contributed by atoms with van der Waals surface area (Å²) in [6.07, 6.45) is 0. The van der Waals surface area contributed by atoms with Gasteiger partial charge >= 0.3 is 0 Å². The fraction of sp³-hybridized carbons (Fsp3) is 0.103. The van der Waals surface area contributed by atoms with Crippen molar-refractivity contribution in [2.75, 3.05) is 0 Å². The van der Waals surface area contributed by atoms with Gasteiger partial charge in [0, 0.05) is 20.1 Å². The van der Waals surface area contributed by atoms with Crippen molar-refractivity contribution in [3.63, 3.8) is 0 Å². The van der Waals surface area contributed by atoms with E-state index in [2.05, 4.69) is 92.5 Å². The van der Waals surface area contributed by atoms with Crippen molar-refractivity contribution in [2.24, 2.45) is 0 Å². The molecule has 5 rings (SSSR count). The lowest BCUT2D eigenvalue weighted by molar-refractivity contribution is 0.100. The number of Topliss-reactive ketones (excluding diaryl/α,β-unsaturated/α-hetero) is 2. The molecule has 0 N–H and O–H groups in total. The molecule has 0 fully saturated rings. The molecule has 33 heavy (non-hydrogen) atoms. The largest absolute Gasteiger partial charge is 0.295 e. The Morgan fingerprint density at radius 3 is 1.27 bits per heavy atom. The van der Waals surface area contributed by atoms with Gasteiger partial charge in [-0.3, -0.25) is 9.59 Å². The van der Waals surface area contributed by atoms with Crippen molar-refractivity contribution < 1.29 is 9.59 Å². The topological polar surface area (TPSA) is 34.1 Å². The van der Waals surface area contributed by atoms with Gasteiger partial charge in [0.25, 0.3) is 0 Å². The summed E-state index contributed by atoms with van der Waals surface area (Å²) in [7, 11) is 0. The van der Waals surface area contributed by atoms with Gasteiger partial charge in [-0.2, -0.15) is 0 Å². The Balaban J connectivity index is 1.90. The maximum Gasteiger partial charge on any atom is 0.159 e. The monoisotopic (exact) mass is 558 g/mol. The summed E-state index contributed by atoms with van der Waals surface area (Å²) < 4.78 is 2.00. The van der Waals surface area contributed by atoms with Crippen molar-refractivity contribution in [1.29, 1.82) is 0 Å². The Morgan fingerprint density at radius 2 is 0.939 bits per heavy atom. The first-order valence-electron chi connectivity index (χ1n) is 10.7. The number of fused-ring (bicyclic) bond motifs is 3. The zero-order valence-corrected chi connectivity index (χ0v) is 21.3. The number of hydrogen-bond acceptors (Lipinski definition) is 2. The molecule has 4 heteroatoms. The number of hydrogen-bond donors (Lipinski definition) is 0. The summed E-state index contributed by atoms with van der Waals surface area (Å²) in [5.74, 6) is 0.0817. The van der Waals surface area contributed by atoms with Crippen LogP contribution in [0.4, 0.5) is 0 Å². The summed E-state index contributed by atoms with van der Waals surface area (Å²) in [6, 6.07) is 28.6. The highest BCUT2D eigenvalue weighted by atomic mass is 79.9. The molecule has 0 spiro atoms. The van der Waals surface area contributed by atoms with Gasteiger partial charge in [0.15, 0.2) is 11.6 Å². The molecule has 0 bridgehead atoms. The number of halogens is 2. The zero-order chi connectivity index (χ0) is 23.3. The number of rotatable bonds is 4. The number of carbonyl (C=O) groups is 2. The molecule has 0 heterocycles. The van der Waals surface area contributed by atoms with E-state index in [4.69, 9.17) is 0 Å². The molecule has 4 aromatic carbocycles. The molecule has 0 aromatic heterocycles. The van der Waals surface area contributed by atoms with Crippen LogP contribution in [0.3, 0.4) is 0 Å². The number of carbonyl (C=O) groups excluding carboxylic acids is 2. The van der Waals surface area contributed by atoms with E-state index < -0.39 is 5.41 Å². The predicted molar refractivity (Wildman–Crippen MR) is 139 cm³/mol. The lowest BCUT2D eigenvalue weighted by atomic mass is 9.67. The molecule has 162 valence electrons. The summed E-state index contributed by atoms with van der Waals surface area (Å²) >= 11 is 7.37. The van der Waals surface area contributed by atoms with Crippen LogP contribution in [0, 0.1) is 0 Å². The van der Waals surface area contributed by atoms with Crippen LogP contribution in [0.5, 0.6) is 0 Å². The third kappa shape index (κ3) is 3.44. The molecule has 0 saturated carbocycles. The second-order valence-corrected chi connectivity index (χ2v) is 10.2. The van der Waals surface area contributed by atoms with Crippen LogP contribution in [0.25, 0.3) is 11.1 Å². The molecule has 0 saturated heterocycles. The summed E-state index contributed by atoms with van der Waals surface area (Å²) in [4.78, 5) is 23.9. The second kappa shape index (κ2) is 8.19. The van der Waals surface area contributed by atoms with E-state index in [0.29, 0.717) is 11.1 Å². The van der Waals surface area contributed by atoms with Gasteiger partial charge in [0.2, 0.25) is 0 Å². The first-order chi connectivity index (χ1) is 15.8. The van der Waals surface area contributed by atoms with Crippen LogP contribution in [-0.2, 0) is 5.41 Å². The molecular weight excluding hydrogens is 540 g/mol. The van der Waals surface area contributed by atoms with Crippen LogP contribution in [0.15, 0.2) is 93.9 Å². The van der Waals surface area contributed by atoms with Gasteiger partial charge in [-0.15, -0.1) is 0 Å². The van der Waals surface area contributed by atoms with E-state index in [0.717, 1.165) is 31.2 Å². The molecule has 1 aliphatic rings. The Labute approximate surface area is 209 Å².